The van der Waals surface area contributed by atoms with E-state index in [4.69, 9.17) is 4.74 Å². The van der Waals surface area contributed by atoms with Gasteiger partial charge < -0.3 is 4.74 Å². The van der Waals surface area contributed by atoms with Crippen LogP contribution in [0.5, 0.6) is 0 Å². The van der Waals surface area contributed by atoms with Crippen LogP contribution in [0.2, 0.25) is 0 Å². The van der Waals surface area contributed by atoms with Crippen LogP contribution < -0.4 is 0 Å². The van der Waals surface area contributed by atoms with Crippen LogP contribution in [0.25, 0.3) is 0 Å². The number of hydrogen-bond acceptors (Lipinski definition) is 2. The van der Waals surface area contributed by atoms with E-state index in [-0.39, 0.29) is 0 Å². The van der Waals surface area contributed by atoms with E-state index in [1.54, 1.807) is 7.11 Å². The number of allylic oxidation sites excluding steroid dienone is 2. The van der Waals surface area contributed by atoms with Gasteiger partial charge in [-0.3, -0.25) is 4.90 Å². The van der Waals surface area contributed by atoms with Crippen molar-refractivity contribution in [1.29, 1.82) is 0 Å². The highest BCUT2D eigenvalue weighted by Crippen LogP contribution is 2.21. The lowest BCUT2D eigenvalue weighted by Gasteiger charge is -2.25. The lowest BCUT2D eigenvalue weighted by atomic mass is 10.1. The molecular weight excluding hydrogens is 174 g/mol. The first kappa shape index (κ1) is 9.94. The van der Waals surface area contributed by atoms with Gasteiger partial charge in [-0.2, -0.15) is 0 Å². The minimum Gasteiger partial charge on any atom is -0.383 e. The number of rotatable bonds is 4. The first-order valence-electron chi connectivity index (χ1n) is 5.48. The Labute approximate surface area is 86.2 Å². The maximum Gasteiger partial charge on any atom is 0.0618 e. The Hall–Kier alpha value is -0.600. The number of ether oxygens (including phenoxy) is 1. The predicted molar refractivity (Wildman–Crippen MR) is 58.2 cm³/mol. The summed E-state index contributed by atoms with van der Waals surface area (Å²) in [6.45, 7) is 3.30. The molecular formula is C12H19NO. The van der Waals surface area contributed by atoms with E-state index < -0.39 is 0 Å². The minimum absolute atomic E-state index is 0.632. The van der Waals surface area contributed by atoms with E-state index in [0.29, 0.717) is 12.0 Å². The SMILES string of the molecule is COC[C@H]1CCCN1CC1C=CC=C1. The molecule has 0 aromatic rings. The minimum atomic E-state index is 0.632. The molecule has 0 N–H and O–H groups in total. The van der Waals surface area contributed by atoms with Crippen LogP contribution in [0, 0.1) is 5.92 Å². The number of nitrogens with zero attached hydrogens (tertiary/aromatic N) is 1. The average molecular weight is 193 g/mol. The van der Waals surface area contributed by atoms with Gasteiger partial charge in [0.15, 0.2) is 0 Å². The van der Waals surface area contributed by atoms with Gasteiger partial charge >= 0.3 is 0 Å². The van der Waals surface area contributed by atoms with Crippen LogP contribution in [0.3, 0.4) is 0 Å². The molecule has 1 atom stereocenters. The van der Waals surface area contributed by atoms with Crippen molar-refractivity contribution in [2.75, 3.05) is 26.8 Å². The number of hydrogen-bond donors (Lipinski definition) is 0. The van der Waals surface area contributed by atoms with Crippen molar-refractivity contribution >= 4 is 0 Å². The van der Waals surface area contributed by atoms with Crippen molar-refractivity contribution in [2.45, 2.75) is 18.9 Å². The van der Waals surface area contributed by atoms with E-state index in [1.807, 2.05) is 0 Å². The summed E-state index contributed by atoms with van der Waals surface area (Å²) in [5.74, 6) is 0.632. The van der Waals surface area contributed by atoms with Gasteiger partial charge in [-0.25, -0.2) is 0 Å². The molecule has 2 aliphatic rings. The molecule has 14 heavy (non-hydrogen) atoms. The molecule has 0 unspecified atom stereocenters. The normalized spacial score (nSPS) is 27.9. The van der Waals surface area contributed by atoms with Crippen LogP contribution in [-0.4, -0.2) is 37.7 Å². The molecule has 0 aromatic carbocycles. The van der Waals surface area contributed by atoms with Crippen LogP contribution in [0.15, 0.2) is 24.3 Å². The zero-order valence-electron chi connectivity index (χ0n) is 8.86. The molecule has 2 heteroatoms. The molecule has 0 amide bonds. The smallest absolute Gasteiger partial charge is 0.0618 e. The van der Waals surface area contributed by atoms with Gasteiger partial charge in [0, 0.05) is 25.6 Å². The Morgan fingerprint density at radius 2 is 2.14 bits per heavy atom. The van der Waals surface area contributed by atoms with Gasteiger partial charge in [-0.15, -0.1) is 0 Å². The highest BCUT2D eigenvalue weighted by Gasteiger charge is 2.25. The monoisotopic (exact) mass is 193 g/mol. The Bertz CT molecular complexity index is 222. The lowest BCUT2D eigenvalue weighted by molar-refractivity contribution is 0.112. The molecule has 1 aliphatic heterocycles. The Morgan fingerprint density at radius 1 is 1.36 bits per heavy atom. The number of likely N-dealkylation sites (tertiary alicyclic amines) is 1. The summed E-state index contributed by atoms with van der Waals surface area (Å²) in [5, 5.41) is 0. The maximum atomic E-state index is 5.24. The van der Waals surface area contributed by atoms with Crippen LogP contribution in [0.1, 0.15) is 12.8 Å². The second-order valence-corrected chi connectivity index (χ2v) is 4.18. The Morgan fingerprint density at radius 3 is 2.86 bits per heavy atom. The topological polar surface area (TPSA) is 12.5 Å². The van der Waals surface area contributed by atoms with Gasteiger partial charge in [0.1, 0.15) is 0 Å². The van der Waals surface area contributed by atoms with Crippen LogP contribution in [-0.2, 0) is 4.74 Å². The molecule has 0 saturated carbocycles. The van der Waals surface area contributed by atoms with Gasteiger partial charge in [0.25, 0.3) is 0 Å². The molecule has 1 saturated heterocycles. The van der Waals surface area contributed by atoms with E-state index in [9.17, 15) is 0 Å². The highest BCUT2D eigenvalue weighted by molar-refractivity contribution is 5.18. The summed E-state index contributed by atoms with van der Waals surface area (Å²) in [5.41, 5.74) is 0. The van der Waals surface area contributed by atoms with Gasteiger partial charge in [-0.1, -0.05) is 24.3 Å². The molecule has 0 bridgehead atoms. The third kappa shape index (κ3) is 2.25. The second-order valence-electron chi connectivity index (χ2n) is 4.18. The van der Waals surface area contributed by atoms with E-state index >= 15 is 0 Å². The summed E-state index contributed by atoms with van der Waals surface area (Å²) >= 11 is 0. The zero-order valence-corrected chi connectivity index (χ0v) is 8.86. The molecule has 1 fully saturated rings. The van der Waals surface area contributed by atoms with Crippen molar-refractivity contribution in [3.8, 4) is 0 Å². The summed E-state index contributed by atoms with van der Waals surface area (Å²) in [7, 11) is 1.80. The molecule has 1 aliphatic carbocycles. The van der Waals surface area contributed by atoms with Gasteiger partial charge in [0.05, 0.1) is 6.61 Å². The fourth-order valence-corrected chi connectivity index (χ4v) is 2.39. The molecule has 2 nitrogen and oxygen atoms in total. The van der Waals surface area contributed by atoms with Crippen molar-refractivity contribution in [3.63, 3.8) is 0 Å². The first-order valence-corrected chi connectivity index (χ1v) is 5.48. The maximum absolute atomic E-state index is 5.24. The predicted octanol–water partition coefficient (Wildman–Crippen LogP) is 1.84. The Balaban J connectivity index is 1.83. The molecule has 0 spiro atoms. The largest absolute Gasteiger partial charge is 0.383 e. The van der Waals surface area contributed by atoms with Crippen LogP contribution in [0.4, 0.5) is 0 Å². The molecule has 2 rings (SSSR count). The fourth-order valence-electron chi connectivity index (χ4n) is 2.39. The van der Waals surface area contributed by atoms with E-state index in [1.165, 1.54) is 25.9 Å². The third-order valence-corrected chi connectivity index (χ3v) is 3.13. The fraction of sp³-hybridized carbons (Fsp3) is 0.667. The molecule has 0 aromatic heterocycles. The molecule has 0 radical (unpaired) electrons. The van der Waals surface area contributed by atoms with E-state index in [2.05, 4.69) is 29.2 Å². The summed E-state index contributed by atoms with van der Waals surface area (Å²) in [6.07, 6.45) is 11.5. The number of methoxy groups -OCH3 is 1. The summed E-state index contributed by atoms with van der Waals surface area (Å²) < 4.78 is 5.24. The highest BCUT2D eigenvalue weighted by atomic mass is 16.5. The van der Waals surface area contributed by atoms with Gasteiger partial charge in [-0.05, 0) is 19.4 Å². The second kappa shape index (κ2) is 4.76. The first-order chi connectivity index (χ1) is 6.90. The van der Waals surface area contributed by atoms with E-state index in [0.717, 1.165) is 6.61 Å². The summed E-state index contributed by atoms with van der Waals surface area (Å²) in [6, 6.07) is 0.655. The van der Waals surface area contributed by atoms with Crippen molar-refractivity contribution in [2.24, 2.45) is 5.92 Å². The van der Waals surface area contributed by atoms with Crippen LogP contribution >= 0.6 is 0 Å². The quantitative estimate of drug-likeness (QED) is 0.675. The average Bonchev–Trinajstić information content (AvgIpc) is 2.80. The molecule has 78 valence electrons. The van der Waals surface area contributed by atoms with Crippen molar-refractivity contribution in [1.82, 2.24) is 4.90 Å². The third-order valence-electron chi connectivity index (χ3n) is 3.13. The van der Waals surface area contributed by atoms with Crippen molar-refractivity contribution in [3.05, 3.63) is 24.3 Å². The summed E-state index contributed by atoms with van der Waals surface area (Å²) in [4.78, 5) is 2.56. The zero-order chi connectivity index (χ0) is 9.80. The molecule has 1 heterocycles. The Kier molecular flexibility index (Phi) is 3.38. The standard InChI is InChI=1S/C12H19NO/c1-14-10-12-7-4-8-13(12)9-11-5-2-3-6-11/h2-3,5-6,11-12H,4,7-10H2,1H3/t12-/m1/s1. The van der Waals surface area contributed by atoms with Gasteiger partial charge in [0.2, 0.25) is 0 Å². The lowest BCUT2D eigenvalue weighted by Crippen LogP contribution is -2.35. The van der Waals surface area contributed by atoms with Crippen molar-refractivity contribution < 1.29 is 4.74 Å².